The highest BCUT2D eigenvalue weighted by atomic mass is 127. The van der Waals surface area contributed by atoms with Crippen LogP contribution in [0.5, 0.6) is 0 Å². The number of rotatable bonds is 10. The smallest absolute Gasteiger partial charge is 0.191 e. The SMILES string of the molecule is I.c1coc(CCNC(=NCc2ccc(COC3CCOCC3)cc2)NCC2CCCO2)c1. The maximum Gasteiger partial charge on any atom is 0.191 e. The van der Waals surface area contributed by atoms with Crippen LogP contribution in [0.4, 0.5) is 0 Å². The number of aliphatic imine (C=N–C) groups is 1. The maximum atomic E-state index is 6.02. The highest BCUT2D eigenvalue weighted by Gasteiger charge is 2.16. The summed E-state index contributed by atoms with van der Waals surface area (Å²) in [6, 6.07) is 12.4. The fourth-order valence-corrected chi connectivity index (χ4v) is 3.92. The summed E-state index contributed by atoms with van der Waals surface area (Å²) >= 11 is 0. The number of benzene rings is 1. The van der Waals surface area contributed by atoms with E-state index in [1.165, 1.54) is 11.1 Å². The predicted octanol–water partition coefficient (Wildman–Crippen LogP) is 4.05. The van der Waals surface area contributed by atoms with Crippen molar-refractivity contribution in [1.29, 1.82) is 0 Å². The number of guanidine groups is 1. The summed E-state index contributed by atoms with van der Waals surface area (Å²) < 4.78 is 22.6. The largest absolute Gasteiger partial charge is 0.469 e. The van der Waals surface area contributed by atoms with Crippen LogP contribution in [0, 0.1) is 0 Å². The summed E-state index contributed by atoms with van der Waals surface area (Å²) in [6.45, 7) is 5.26. The van der Waals surface area contributed by atoms with Crippen LogP contribution in [0.15, 0.2) is 52.1 Å². The third kappa shape index (κ3) is 9.27. The lowest BCUT2D eigenvalue weighted by molar-refractivity contribution is -0.0390. The fraction of sp³-hybridized carbons (Fsp3) is 0.560. The van der Waals surface area contributed by atoms with Crippen molar-refractivity contribution in [3.8, 4) is 0 Å². The van der Waals surface area contributed by atoms with Gasteiger partial charge in [-0.1, -0.05) is 24.3 Å². The summed E-state index contributed by atoms with van der Waals surface area (Å²) in [5.41, 5.74) is 2.36. The van der Waals surface area contributed by atoms with Crippen molar-refractivity contribution in [2.45, 2.75) is 57.5 Å². The summed E-state index contributed by atoms with van der Waals surface area (Å²) in [7, 11) is 0. The summed E-state index contributed by atoms with van der Waals surface area (Å²) in [6.07, 6.45) is 7.32. The molecule has 33 heavy (non-hydrogen) atoms. The van der Waals surface area contributed by atoms with E-state index in [1.807, 2.05) is 12.1 Å². The molecule has 2 N–H and O–H groups in total. The van der Waals surface area contributed by atoms with Gasteiger partial charge in [0.2, 0.25) is 0 Å². The number of furan rings is 1. The van der Waals surface area contributed by atoms with Gasteiger partial charge in [-0.2, -0.15) is 0 Å². The molecule has 1 unspecified atom stereocenters. The van der Waals surface area contributed by atoms with Gasteiger partial charge in [-0.25, -0.2) is 4.99 Å². The number of hydrogen-bond acceptors (Lipinski definition) is 5. The number of nitrogens with zero attached hydrogens (tertiary/aromatic N) is 1. The highest BCUT2D eigenvalue weighted by molar-refractivity contribution is 14.0. The lowest BCUT2D eigenvalue weighted by Crippen LogP contribution is -2.41. The molecule has 7 nitrogen and oxygen atoms in total. The Morgan fingerprint density at radius 3 is 2.55 bits per heavy atom. The molecule has 0 radical (unpaired) electrons. The third-order valence-corrected chi connectivity index (χ3v) is 5.86. The molecule has 1 aromatic heterocycles. The van der Waals surface area contributed by atoms with Crippen molar-refractivity contribution in [3.63, 3.8) is 0 Å². The quantitative estimate of drug-likeness (QED) is 0.256. The molecule has 1 aromatic carbocycles. The first-order chi connectivity index (χ1) is 15.8. The van der Waals surface area contributed by atoms with E-state index in [1.54, 1.807) is 6.26 Å². The van der Waals surface area contributed by atoms with Gasteiger partial charge in [-0.15, -0.1) is 24.0 Å². The molecular weight excluding hydrogens is 533 g/mol. The molecule has 2 saturated heterocycles. The molecule has 0 spiro atoms. The van der Waals surface area contributed by atoms with Gasteiger partial charge in [0, 0.05) is 39.3 Å². The van der Waals surface area contributed by atoms with Gasteiger partial charge in [0.15, 0.2) is 5.96 Å². The van der Waals surface area contributed by atoms with Gasteiger partial charge >= 0.3 is 0 Å². The number of nitrogens with one attached hydrogen (secondary N) is 2. The van der Waals surface area contributed by atoms with Crippen molar-refractivity contribution in [2.24, 2.45) is 4.99 Å². The number of hydrogen-bond donors (Lipinski definition) is 2. The van der Waals surface area contributed by atoms with Gasteiger partial charge in [-0.3, -0.25) is 0 Å². The Morgan fingerprint density at radius 2 is 1.82 bits per heavy atom. The van der Waals surface area contributed by atoms with Crippen molar-refractivity contribution in [2.75, 3.05) is 32.9 Å². The lowest BCUT2D eigenvalue weighted by Gasteiger charge is -2.22. The van der Waals surface area contributed by atoms with Crippen LogP contribution in [0.1, 0.15) is 42.6 Å². The van der Waals surface area contributed by atoms with E-state index < -0.39 is 0 Å². The first-order valence-electron chi connectivity index (χ1n) is 11.8. The van der Waals surface area contributed by atoms with E-state index in [9.17, 15) is 0 Å². The van der Waals surface area contributed by atoms with Crippen LogP contribution >= 0.6 is 24.0 Å². The second-order valence-corrected chi connectivity index (χ2v) is 8.38. The summed E-state index contributed by atoms with van der Waals surface area (Å²) in [4.78, 5) is 4.79. The maximum absolute atomic E-state index is 6.02. The average Bonchev–Trinajstić information content (AvgIpc) is 3.55. The van der Waals surface area contributed by atoms with Crippen molar-refractivity contribution < 1.29 is 18.6 Å². The molecule has 0 amide bonds. The zero-order chi connectivity index (χ0) is 21.8. The minimum Gasteiger partial charge on any atom is -0.469 e. The molecule has 0 aliphatic carbocycles. The van der Waals surface area contributed by atoms with Gasteiger partial charge in [0.1, 0.15) is 5.76 Å². The number of ether oxygens (including phenoxy) is 3. The van der Waals surface area contributed by atoms with Crippen LogP contribution in [0.25, 0.3) is 0 Å². The molecule has 4 rings (SSSR count). The van der Waals surface area contributed by atoms with E-state index in [0.29, 0.717) is 19.3 Å². The van der Waals surface area contributed by atoms with Crippen LogP contribution in [-0.4, -0.2) is 51.1 Å². The Hall–Kier alpha value is -1.62. The summed E-state index contributed by atoms with van der Waals surface area (Å²) in [5, 5.41) is 6.85. The average molecular weight is 569 g/mol. The third-order valence-electron chi connectivity index (χ3n) is 5.86. The van der Waals surface area contributed by atoms with Crippen LogP contribution in [-0.2, 0) is 33.8 Å². The van der Waals surface area contributed by atoms with Crippen molar-refractivity contribution >= 4 is 29.9 Å². The van der Waals surface area contributed by atoms with Crippen molar-refractivity contribution in [3.05, 3.63) is 59.5 Å². The minimum absolute atomic E-state index is 0. The Balaban J connectivity index is 0.00000306. The lowest BCUT2D eigenvalue weighted by atomic mass is 10.1. The van der Waals surface area contributed by atoms with E-state index in [0.717, 1.165) is 76.7 Å². The molecule has 0 saturated carbocycles. The molecule has 1 atom stereocenters. The molecule has 0 bridgehead atoms. The normalized spacial score (nSPS) is 19.3. The molecule has 2 aliphatic rings. The van der Waals surface area contributed by atoms with Crippen LogP contribution < -0.4 is 10.6 Å². The molecular formula is C25H36IN3O4. The van der Waals surface area contributed by atoms with E-state index in [-0.39, 0.29) is 30.1 Å². The summed E-state index contributed by atoms with van der Waals surface area (Å²) in [5.74, 6) is 1.77. The molecule has 182 valence electrons. The Kier molecular flexibility index (Phi) is 11.5. The second kappa shape index (κ2) is 14.6. The van der Waals surface area contributed by atoms with Crippen LogP contribution in [0.3, 0.4) is 0 Å². The zero-order valence-corrected chi connectivity index (χ0v) is 21.5. The molecule has 2 aromatic rings. The molecule has 3 heterocycles. The van der Waals surface area contributed by atoms with Crippen LogP contribution in [0.2, 0.25) is 0 Å². The number of halogens is 1. The minimum atomic E-state index is 0. The fourth-order valence-electron chi connectivity index (χ4n) is 3.92. The van der Waals surface area contributed by atoms with E-state index in [2.05, 4.69) is 34.9 Å². The predicted molar refractivity (Wildman–Crippen MR) is 139 cm³/mol. The van der Waals surface area contributed by atoms with E-state index in [4.69, 9.17) is 23.6 Å². The van der Waals surface area contributed by atoms with Crippen molar-refractivity contribution in [1.82, 2.24) is 10.6 Å². The van der Waals surface area contributed by atoms with Gasteiger partial charge < -0.3 is 29.3 Å². The van der Waals surface area contributed by atoms with Gasteiger partial charge in [-0.05, 0) is 48.9 Å². The molecule has 2 aliphatic heterocycles. The topological polar surface area (TPSA) is 77.3 Å². The molecule has 8 heteroatoms. The Labute approximate surface area is 213 Å². The Bertz CT molecular complexity index is 802. The van der Waals surface area contributed by atoms with E-state index >= 15 is 0 Å². The second-order valence-electron chi connectivity index (χ2n) is 8.38. The standard InChI is InChI=1S/C25H35N3O4.HI/c1-3-22(30-13-1)9-12-26-25(28-18-24-4-2-14-31-24)27-17-20-5-7-21(8-6-20)19-32-23-10-15-29-16-11-23;/h1,3,5-8,13,23-24H,2,4,9-12,14-19H2,(H2,26,27,28);1H. The van der Waals surface area contributed by atoms with Gasteiger partial charge in [0.05, 0.1) is 31.6 Å². The Morgan fingerprint density at radius 1 is 1.00 bits per heavy atom. The molecule has 2 fully saturated rings. The van der Waals surface area contributed by atoms with Gasteiger partial charge in [0.25, 0.3) is 0 Å². The first kappa shape index (κ1) is 26.0. The monoisotopic (exact) mass is 569 g/mol. The highest BCUT2D eigenvalue weighted by Crippen LogP contribution is 2.14. The zero-order valence-electron chi connectivity index (χ0n) is 19.2. The first-order valence-corrected chi connectivity index (χ1v) is 11.8.